The van der Waals surface area contributed by atoms with Crippen LogP contribution in [0.15, 0.2) is 78.9 Å². The summed E-state index contributed by atoms with van der Waals surface area (Å²) in [4.78, 5) is 13.0. The molecule has 0 radical (unpaired) electrons. The van der Waals surface area contributed by atoms with Crippen LogP contribution in [0, 0.1) is 0 Å². The molecular weight excluding hydrogens is 420 g/mol. The maximum atomic E-state index is 13.0. The number of ether oxygens (including phenoxy) is 3. The second-order valence-corrected chi connectivity index (χ2v) is 9.42. The minimum Gasteiger partial charge on any atom is -0.497 e. The lowest BCUT2D eigenvalue weighted by atomic mass is 9.84. The van der Waals surface area contributed by atoms with Gasteiger partial charge in [0.15, 0.2) is 0 Å². The second kappa shape index (κ2) is 9.29. The van der Waals surface area contributed by atoms with Crippen LogP contribution in [-0.4, -0.2) is 31.5 Å². The van der Waals surface area contributed by atoms with E-state index in [2.05, 4.69) is 36.4 Å². The maximum Gasteiger partial charge on any atom is 0.322 e. The zero-order chi connectivity index (χ0) is 22.6. The SMILES string of the molecule is CCOC(=O)C1(SC(c2ccccc2)(c2ccc(OC)cc2)c2ccc(OC)cc2)CC1. The first-order valence-corrected chi connectivity index (χ1v) is 11.6. The van der Waals surface area contributed by atoms with Crippen LogP contribution in [0.4, 0.5) is 0 Å². The summed E-state index contributed by atoms with van der Waals surface area (Å²) in [5.74, 6) is 1.45. The maximum absolute atomic E-state index is 13.0. The molecule has 0 bridgehead atoms. The molecule has 0 N–H and O–H groups in total. The highest BCUT2D eigenvalue weighted by molar-refractivity contribution is 8.03. The standard InChI is InChI=1S/C27H28O4S/c1-4-31-25(28)26(18-19-26)32-27(20-8-6-5-7-9-20,21-10-14-23(29-2)15-11-21)22-12-16-24(30-3)17-13-22/h5-17H,4,18-19H2,1-3H3. The Morgan fingerprint density at radius 1 is 0.812 bits per heavy atom. The number of benzene rings is 3. The molecule has 1 saturated carbocycles. The van der Waals surface area contributed by atoms with Gasteiger partial charge in [-0.3, -0.25) is 4.79 Å². The van der Waals surface area contributed by atoms with E-state index in [1.54, 1.807) is 26.0 Å². The summed E-state index contributed by atoms with van der Waals surface area (Å²) in [5, 5.41) is 0. The van der Waals surface area contributed by atoms with Crippen molar-refractivity contribution in [1.29, 1.82) is 0 Å². The molecule has 3 aromatic rings. The number of hydrogen-bond acceptors (Lipinski definition) is 5. The monoisotopic (exact) mass is 448 g/mol. The van der Waals surface area contributed by atoms with Gasteiger partial charge < -0.3 is 14.2 Å². The van der Waals surface area contributed by atoms with Gasteiger partial charge in [0.2, 0.25) is 0 Å². The third kappa shape index (κ3) is 4.09. The summed E-state index contributed by atoms with van der Waals surface area (Å²) >= 11 is 1.68. The molecule has 32 heavy (non-hydrogen) atoms. The fraction of sp³-hybridized carbons (Fsp3) is 0.296. The molecule has 166 valence electrons. The first-order valence-electron chi connectivity index (χ1n) is 10.8. The largest absolute Gasteiger partial charge is 0.497 e. The fourth-order valence-electron chi connectivity index (χ4n) is 4.02. The topological polar surface area (TPSA) is 44.8 Å². The van der Waals surface area contributed by atoms with Crippen LogP contribution in [0.2, 0.25) is 0 Å². The van der Waals surface area contributed by atoms with Crippen molar-refractivity contribution >= 4 is 17.7 Å². The van der Waals surface area contributed by atoms with Gasteiger partial charge in [0, 0.05) is 0 Å². The fourth-order valence-corrected chi connectivity index (χ4v) is 5.81. The minimum atomic E-state index is -0.608. The average Bonchev–Trinajstić information content (AvgIpc) is 3.64. The molecule has 1 aliphatic rings. The molecule has 0 saturated heterocycles. The predicted octanol–water partition coefficient (Wildman–Crippen LogP) is 5.82. The Labute approximate surface area is 193 Å². The number of thioether (sulfide) groups is 1. The molecule has 0 amide bonds. The first-order chi connectivity index (χ1) is 15.6. The van der Waals surface area contributed by atoms with Gasteiger partial charge in [0.05, 0.1) is 25.6 Å². The number of rotatable bonds is 9. The van der Waals surface area contributed by atoms with Gasteiger partial charge in [0.1, 0.15) is 16.2 Å². The van der Waals surface area contributed by atoms with Gasteiger partial charge in [-0.15, -0.1) is 11.8 Å². The minimum absolute atomic E-state index is 0.132. The van der Waals surface area contributed by atoms with E-state index in [0.717, 1.165) is 41.0 Å². The quantitative estimate of drug-likeness (QED) is 0.305. The van der Waals surface area contributed by atoms with Crippen LogP contribution < -0.4 is 9.47 Å². The summed E-state index contributed by atoms with van der Waals surface area (Å²) < 4.78 is 15.1. The molecule has 3 aromatic carbocycles. The van der Waals surface area contributed by atoms with Gasteiger partial charge in [-0.1, -0.05) is 54.6 Å². The van der Waals surface area contributed by atoms with Crippen LogP contribution in [0.1, 0.15) is 36.5 Å². The highest BCUT2D eigenvalue weighted by atomic mass is 32.2. The number of carbonyl (C=O) groups excluding carboxylic acids is 1. The van der Waals surface area contributed by atoms with Crippen LogP contribution in [-0.2, 0) is 14.3 Å². The third-order valence-electron chi connectivity index (χ3n) is 5.87. The smallest absolute Gasteiger partial charge is 0.322 e. The molecule has 0 aromatic heterocycles. The van der Waals surface area contributed by atoms with Crippen molar-refractivity contribution in [1.82, 2.24) is 0 Å². The zero-order valence-electron chi connectivity index (χ0n) is 18.7. The molecule has 0 spiro atoms. The Balaban J connectivity index is 1.94. The van der Waals surface area contributed by atoms with Crippen LogP contribution in [0.5, 0.6) is 11.5 Å². The van der Waals surface area contributed by atoms with E-state index in [4.69, 9.17) is 14.2 Å². The Bertz CT molecular complexity index is 994. The molecule has 4 rings (SSSR count). The molecule has 0 unspecified atom stereocenters. The molecule has 5 heteroatoms. The highest BCUT2D eigenvalue weighted by Gasteiger charge is 2.58. The van der Waals surface area contributed by atoms with Gasteiger partial charge >= 0.3 is 5.97 Å². The molecule has 4 nitrogen and oxygen atoms in total. The van der Waals surface area contributed by atoms with E-state index in [1.165, 1.54) is 0 Å². The van der Waals surface area contributed by atoms with E-state index in [-0.39, 0.29) is 5.97 Å². The molecule has 1 fully saturated rings. The summed E-state index contributed by atoms with van der Waals surface area (Å²) in [5.41, 5.74) is 3.27. The highest BCUT2D eigenvalue weighted by Crippen LogP contribution is 2.62. The van der Waals surface area contributed by atoms with Crippen molar-refractivity contribution in [2.45, 2.75) is 29.3 Å². The lowest BCUT2D eigenvalue weighted by Gasteiger charge is -2.38. The van der Waals surface area contributed by atoms with Crippen molar-refractivity contribution in [3.05, 3.63) is 95.6 Å². The van der Waals surface area contributed by atoms with Crippen LogP contribution in [0.25, 0.3) is 0 Å². The van der Waals surface area contributed by atoms with E-state index < -0.39 is 9.49 Å². The third-order valence-corrected chi connectivity index (χ3v) is 7.85. The van der Waals surface area contributed by atoms with Gasteiger partial charge in [0.25, 0.3) is 0 Å². The van der Waals surface area contributed by atoms with Crippen molar-refractivity contribution < 1.29 is 19.0 Å². The summed E-state index contributed by atoms with van der Waals surface area (Å²) in [6, 6.07) is 26.6. The molecule has 0 atom stereocenters. The van der Waals surface area contributed by atoms with Gasteiger partial charge in [-0.2, -0.15) is 0 Å². The van der Waals surface area contributed by atoms with Crippen LogP contribution >= 0.6 is 11.8 Å². The van der Waals surface area contributed by atoms with E-state index in [0.29, 0.717) is 6.61 Å². The van der Waals surface area contributed by atoms with Gasteiger partial charge in [-0.05, 0) is 60.7 Å². The molecular formula is C27H28O4S. The lowest BCUT2D eigenvalue weighted by molar-refractivity contribution is -0.143. The van der Waals surface area contributed by atoms with Crippen molar-refractivity contribution in [2.75, 3.05) is 20.8 Å². The summed E-state index contributed by atoms with van der Waals surface area (Å²) in [6.07, 6.45) is 1.61. The lowest BCUT2D eigenvalue weighted by Crippen LogP contribution is -2.33. The van der Waals surface area contributed by atoms with Crippen molar-refractivity contribution in [3.63, 3.8) is 0 Å². The Kier molecular flexibility index (Phi) is 6.47. The van der Waals surface area contributed by atoms with E-state index >= 15 is 0 Å². The Morgan fingerprint density at radius 2 is 1.28 bits per heavy atom. The van der Waals surface area contributed by atoms with Crippen LogP contribution in [0.3, 0.4) is 0 Å². The average molecular weight is 449 g/mol. The van der Waals surface area contributed by atoms with E-state index in [1.807, 2.05) is 49.4 Å². The molecule has 1 aliphatic carbocycles. The second-order valence-electron chi connectivity index (χ2n) is 7.82. The predicted molar refractivity (Wildman–Crippen MR) is 129 cm³/mol. The number of hydrogen-bond donors (Lipinski definition) is 0. The number of carbonyl (C=O) groups is 1. The van der Waals surface area contributed by atoms with E-state index in [9.17, 15) is 4.79 Å². The number of esters is 1. The van der Waals surface area contributed by atoms with Gasteiger partial charge in [-0.25, -0.2) is 0 Å². The molecule has 0 aliphatic heterocycles. The first kappa shape index (κ1) is 22.3. The zero-order valence-corrected chi connectivity index (χ0v) is 19.5. The summed E-state index contributed by atoms with van der Waals surface area (Å²) in [7, 11) is 3.33. The van der Waals surface area contributed by atoms with Crippen molar-refractivity contribution in [2.24, 2.45) is 0 Å². The number of methoxy groups -OCH3 is 2. The molecule has 0 heterocycles. The summed E-state index contributed by atoms with van der Waals surface area (Å²) in [6.45, 7) is 2.24. The Hall–Kier alpha value is -2.92. The van der Waals surface area contributed by atoms with Crippen molar-refractivity contribution in [3.8, 4) is 11.5 Å². The Morgan fingerprint density at radius 3 is 1.69 bits per heavy atom. The normalized spacial score (nSPS) is 14.5.